The lowest BCUT2D eigenvalue weighted by Gasteiger charge is -2.27. The van der Waals surface area contributed by atoms with Crippen LogP contribution in [0.5, 0.6) is 17.2 Å². The molecule has 6 nitrogen and oxygen atoms in total. The van der Waals surface area contributed by atoms with Crippen molar-refractivity contribution in [2.75, 3.05) is 21.8 Å². The van der Waals surface area contributed by atoms with E-state index in [-0.39, 0.29) is 5.78 Å². The van der Waals surface area contributed by atoms with Gasteiger partial charge in [0, 0.05) is 62.3 Å². The van der Waals surface area contributed by atoms with Crippen LogP contribution in [-0.2, 0) is 0 Å². The van der Waals surface area contributed by atoms with E-state index in [1.807, 2.05) is 104 Å². The molecule has 0 aliphatic rings. The molecular weight excluding hydrogens is 931 g/mol. The molecule has 10 aromatic rings. The van der Waals surface area contributed by atoms with Gasteiger partial charge in [-0.1, -0.05) is 140 Å². The van der Waals surface area contributed by atoms with Crippen LogP contribution in [0.4, 0.5) is 45.5 Å². The number of nitrogens with zero attached hydrogens (tertiary/aromatic N) is 3. The quantitative estimate of drug-likeness (QED) is 0.0631. The minimum atomic E-state index is -0.0224. The molecule has 10 aromatic carbocycles. The maximum absolute atomic E-state index is 13.2. The second-order valence-corrected chi connectivity index (χ2v) is 18.3. The number of ether oxygens (including phenoxy) is 2. The topological polar surface area (TPSA) is 45.2 Å². The molecule has 0 amide bonds. The Kier molecular flexibility index (Phi) is 15.2. The van der Waals surface area contributed by atoms with E-state index < -0.39 is 0 Å². The van der Waals surface area contributed by atoms with Crippen molar-refractivity contribution in [3.05, 3.63) is 308 Å². The lowest BCUT2D eigenvalue weighted by atomic mass is 10.0. The van der Waals surface area contributed by atoms with Crippen molar-refractivity contribution in [3.63, 3.8) is 0 Å². The normalized spacial score (nSPS) is 11.2. The highest BCUT2D eigenvalue weighted by molar-refractivity contribution is 6.09. The third-order valence-electron chi connectivity index (χ3n) is 13.2. The van der Waals surface area contributed by atoms with Crippen molar-refractivity contribution < 1.29 is 14.3 Å². The SMILES string of the molecule is C=C/C=C\C=C(/C)N(c1ccccc1)c1ccc(-c2ccc(N(c3ccc(Oc4ccc(C(=O)c5ccc(C)cc5)cc4)cc3)c3ccc(-c4ccc(N(c5ccccc5)c5ccc(OC)cc5)cc4)cc3)cc2)cc1. The summed E-state index contributed by atoms with van der Waals surface area (Å²) in [5, 5.41) is 0. The largest absolute Gasteiger partial charge is 0.497 e. The molecule has 0 unspecified atom stereocenters. The predicted molar refractivity (Wildman–Crippen MR) is 316 cm³/mol. The molecule has 0 aliphatic carbocycles. The molecule has 0 bridgehead atoms. The first-order valence-corrected chi connectivity index (χ1v) is 25.3. The van der Waals surface area contributed by atoms with E-state index in [4.69, 9.17) is 9.47 Å². The van der Waals surface area contributed by atoms with Gasteiger partial charge < -0.3 is 24.2 Å². The zero-order chi connectivity index (χ0) is 52.2. The van der Waals surface area contributed by atoms with Gasteiger partial charge in [0.15, 0.2) is 5.78 Å². The number of carbonyl (C=O) groups excluding carboxylic acids is 1. The summed E-state index contributed by atoms with van der Waals surface area (Å²) in [4.78, 5) is 19.9. The number of hydrogen-bond acceptors (Lipinski definition) is 6. The van der Waals surface area contributed by atoms with Gasteiger partial charge in [-0.25, -0.2) is 0 Å². The zero-order valence-electron chi connectivity index (χ0n) is 42.8. The number of ketones is 1. The van der Waals surface area contributed by atoms with Crippen molar-refractivity contribution in [1.29, 1.82) is 0 Å². The lowest BCUT2D eigenvalue weighted by molar-refractivity contribution is 0.103. The molecule has 0 saturated carbocycles. The van der Waals surface area contributed by atoms with E-state index in [9.17, 15) is 4.79 Å². The van der Waals surface area contributed by atoms with Crippen LogP contribution in [0.25, 0.3) is 22.3 Å². The maximum atomic E-state index is 13.2. The predicted octanol–water partition coefficient (Wildman–Crippen LogP) is 19.1. The summed E-state index contributed by atoms with van der Waals surface area (Å²) in [6, 6.07) is 86.9. The summed E-state index contributed by atoms with van der Waals surface area (Å²) in [7, 11) is 1.69. The highest BCUT2D eigenvalue weighted by atomic mass is 16.5. The fraction of sp³-hybridized carbons (Fsp3) is 0.0429. The van der Waals surface area contributed by atoms with Gasteiger partial charge in [0.1, 0.15) is 17.2 Å². The standard InChI is InChI=1S/C70H57N3O3/c1-5-6-9-14-52(3)71(59-15-10-7-11-16-59)61-33-23-53(24-34-61)54-27-37-63(38-28-54)73(66-43-49-69(50-44-66)76-68-45-31-58(32-46-68)70(74)57-21-19-51(2)20-22-57)64-39-29-56(30-40-64)55-25-35-62(36-26-55)72(60-17-12-8-13-18-60)65-41-47-67(75-4)48-42-65/h5-50H,1H2,2-4H3/b9-6-,52-14+. The van der Waals surface area contributed by atoms with E-state index in [1.165, 1.54) is 0 Å². The van der Waals surface area contributed by atoms with Crippen molar-refractivity contribution >= 4 is 51.3 Å². The summed E-state index contributed by atoms with van der Waals surface area (Å²) in [5.74, 6) is 2.12. The van der Waals surface area contributed by atoms with E-state index in [0.717, 1.165) is 84.8 Å². The number of carbonyl (C=O) groups is 1. The number of allylic oxidation sites excluding steroid dienone is 5. The van der Waals surface area contributed by atoms with Crippen LogP contribution in [0.2, 0.25) is 0 Å². The minimum Gasteiger partial charge on any atom is -0.497 e. The van der Waals surface area contributed by atoms with Crippen molar-refractivity contribution in [2.45, 2.75) is 13.8 Å². The molecule has 0 N–H and O–H groups in total. The fourth-order valence-corrected chi connectivity index (χ4v) is 9.24. The highest BCUT2D eigenvalue weighted by Crippen LogP contribution is 2.40. The molecule has 0 saturated heterocycles. The van der Waals surface area contributed by atoms with Gasteiger partial charge in [-0.2, -0.15) is 0 Å². The summed E-state index contributed by atoms with van der Waals surface area (Å²) >= 11 is 0. The highest BCUT2D eigenvalue weighted by Gasteiger charge is 2.17. The molecule has 0 aromatic heterocycles. The fourth-order valence-electron chi connectivity index (χ4n) is 9.24. The second kappa shape index (κ2) is 23.3. The molecule has 6 heteroatoms. The molecule has 0 atom stereocenters. The number of hydrogen-bond donors (Lipinski definition) is 0. The molecule has 370 valence electrons. The minimum absolute atomic E-state index is 0.0224. The van der Waals surface area contributed by atoms with Crippen LogP contribution >= 0.6 is 0 Å². The van der Waals surface area contributed by atoms with E-state index in [2.05, 4.69) is 204 Å². The van der Waals surface area contributed by atoms with Crippen molar-refractivity contribution in [2.24, 2.45) is 0 Å². The summed E-state index contributed by atoms with van der Waals surface area (Å²) < 4.78 is 11.8. The second-order valence-electron chi connectivity index (χ2n) is 18.3. The van der Waals surface area contributed by atoms with Gasteiger partial charge in [-0.05, 0) is 188 Å². The van der Waals surface area contributed by atoms with Gasteiger partial charge >= 0.3 is 0 Å². The average Bonchev–Trinajstić information content (AvgIpc) is 3.48. The van der Waals surface area contributed by atoms with Gasteiger partial charge in [0.2, 0.25) is 0 Å². The molecule has 0 spiro atoms. The molecule has 0 radical (unpaired) electrons. The Hall–Kier alpha value is -9.91. The van der Waals surface area contributed by atoms with Crippen LogP contribution < -0.4 is 24.2 Å². The first-order valence-electron chi connectivity index (χ1n) is 25.3. The molecule has 76 heavy (non-hydrogen) atoms. The Morgan fingerprint density at radius 2 is 0.724 bits per heavy atom. The number of para-hydroxylation sites is 2. The Morgan fingerprint density at radius 3 is 1.13 bits per heavy atom. The van der Waals surface area contributed by atoms with Gasteiger partial charge in [-0.15, -0.1) is 0 Å². The molecular formula is C70H57N3O3. The number of rotatable bonds is 18. The average molecular weight is 988 g/mol. The first-order chi connectivity index (χ1) is 37.3. The monoisotopic (exact) mass is 987 g/mol. The summed E-state index contributed by atoms with van der Waals surface area (Å²) in [6.45, 7) is 7.95. The number of anilines is 8. The number of aryl methyl sites for hydroxylation is 1. The third-order valence-corrected chi connectivity index (χ3v) is 13.2. The van der Waals surface area contributed by atoms with Gasteiger partial charge in [0.05, 0.1) is 7.11 Å². The zero-order valence-corrected chi connectivity index (χ0v) is 42.8. The lowest BCUT2D eigenvalue weighted by Crippen LogP contribution is -2.14. The smallest absolute Gasteiger partial charge is 0.193 e. The van der Waals surface area contributed by atoms with E-state index in [1.54, 1.807) is 13.2 Å². The summed E-state index contributed by atoms with van der Waals surface area (Å²) in [6.07, 6.45) is 7.82. The molecule has 0 aliphatic heterocycles. The van der Waals surface area contributed by atoms with Gasteiger partial charge in [0.25, 0.3) is 0 Å². The van der Waals surface area contributed by atoms with E-state index >= 15 is 0 Å². The van der Waals surface area contributed by atoms with Crippen LogP contribution in [0, 0.1) is 6.92 Å². The van der Waals surface area contributed by atoms with Gasteiger partial charge in [-0.3, -0.25) is 4.79 Å². The van der Waals surface area contributed by atoms with E-state index in [0.29, 0.717) is 22.6 Å². The molecule has 0 heterocycles. The molecule has 0 fully saturated rings. The summed E-state index contributed by atoms with van der Waals surface area (Å²) in [5.41, 5.74) is 16.2. The van der Waals surface area contributed by atoms with Crippen LogP contribution in [-0.4, -0.2) is 12.9 Å². The maximum Gasteiger partial charge on any atom is 0.193 e. The third kappa shape index (κ3) is 11.5. The Labute approximate surface area is 446 Å². The number of benzene rings is 10. The van der Waals surface area contributed by atoms with Crippen LogP contribution in [0.15, 0.2) is 291 Å². The molecule has 10 rings (SSSR count). The van der Waals surface area contributed by atoms with Crippen molar-refractivity contribution in [1.82, 2.24) is 0 Å². The van der Waals surface area contributed by atoms with Crippen LogP contribution in [0.3, 0.4) is 0 Å². The number of methoxy groups -OCH3 is 1. The Morgan fingerprint density at radius 1 is 0.395 bits per heavy atom. The Bertz CT molecular complexity index is 3580. The van der Waals surface area contributed by atoms with Crippen molar-refractivity contribution in [3.8, 4) is 39.5 Å². The Balaban J connectivity index is 0.928. The first kappa shape index (κ1) is 49.7. The van der Waals surface area contributed by atoms with Crippen LogP contribution in [0.1, 0.15) is 28.4 Å².